The summed E-state index contributed by atoms with van der Waals surface area (Å²) in [4.78, 5) is 11.5. The third kappa shape index (κ3) is 4.28. The molecule has 1 aliphatic rings. The van der Waals surface area contributed by atoms with Crippen LogP contribution >= 0.6 is 0 Å². The van der Waals surface area contributed by atoms with Crippen molar-refractivity contribution in [3.63, 3.8) is 0 Å². The van der Waals surface area contributed by atoms with E-state index < -0.39 is 0 Å². The number of carbonyl (C=O) groups excluding carboxylic acids is 1. The van der Waals surface area contributed by atoms with Gasteiger partial charge in [-0.05, 0) is 43.4 Å². The summed E-state index contributed by atoms with van der Waals surface area (Å²) >= 11 is 0. The Hall–Kier alpha value is -2.14. The molecular weight excluding hydrogens is 314 g/mol. The standard InChI is InChI=1S/C20H27N3O2/c1-13(2)19-9-17(22-15(4)24)10-20(25-19)16-11-21-23(12-16)18-7-5-6-14(3)8-18/h5-8,11-13,17,19-20H,9-10H2,1-4H3,(H,22,24)/t17-,19-,20+/m0/s1. The lowest BCUT2D eigenvalue weighted by Crippen LogP contribution is -2.43. The van der Waals surface area contributed by atoms with Gasteiger partial charge in [-0.2, -0.15) is 5.10 Å². The van der Waals surface area contributed by atoms with Crippen molar-refractivity contribution >= 4 is 5.91 Å². The van der Waals surface area contributed by atoms with Gasteiger partial charge in [0, 0.05) is 24.7 Å². The zero-order valence-corrected chi connectivity index (χ0v) is 15.4. The number of carbonyl (C=O) groups is 1. The van der Waals surface area contributed by atoms with Crippen LogP contribution in [-0.2, 0) is 9.53 Å². The van der Waals surface area contributed by atoms with Gasteiger partial charge in [0.2, 0.25) is 5.91 Å². The molecule has 5 nitrogen and oxygen atoms in total. The molecule has 1 aromatic carbocycles. The molecule has 3 atom stereocenters. The van der Waals surface area contributed by atoms with E-state index in [-0.39, 0.29) is 24.2 Å². The maximum absolute atomic E-state index is 11.5. The lowest BCUT2D eigenvalue weighted by Gasteiger charge is -2.37. The average Bonchev–Trinajstić information content (AvgIpc) is 3.04. The van der Waals surface area contributed by atoms with Gasteiger partial charge in [-0.25, -0.2) is 4.68 Å². The number of aryl methyl sites for hydroxylation is 1. The van der Waals surface area contributed by atoms with Crippen LogP contribution in [0.2, 0.25) is 0 Å². The molecule has 2 heterocycles. The van der Waals surface area contributed by atoms with Gasteiger partial charge in [0.15, 0.2) is 0 Å². The first-order valence-corrected chi connectivity index (χ1v) is 8.96. The first-order valence-electron chi connectivity index (χ1n) is 8.96. The normalized spacial score (nSPS) is 23.6. The molecule has 0 spiro atoms. The molecule has 1 aromatic heterocycles. The highest BCUT2D eigenvalue weighted by Gasteiger charge is 2.33. The Kier molecular flexibility index (Phi) is 5.23. The maximum atomic E-state index is 11.5. The second-order valence-electron chi connectivity index (χ2n) is 7.33. The van der Waals surface area contributed by atoms with Crippen molar-refractivity contribution in [3.05, 3.63) is 47.8 Å². The topological polar surface area (TPSA) is 56.1 Å². The van der Waals surface area contributed by atoms with E-state index in [1.807, 2.05) is 29.2 Å². The number of ether oxygens (including phenoxy) is 1. The SMILES string of the molecule is CC(=O)N[C@H]1C[C@@H](C(C)C)O[C@@H](c2cnn(-c3cccc(C)c3)c2)C1. The lowest BCUT2D eigenvalue weighted by atomic mass is 9.90. The largest absolute Gasteiger partial charge is 0.370 e. The van der Waals surface area contributed by atoms with Crippen molar-refractivity contribution in [2.24, 2.45) is 5.92 Å². The van der Waals surface area contributed by atoms with E-state index in [4.69, 9.17) is 4.74 Å². The second kappa shape index (κ2) is 7.40. The van der Waals surface area contributed by atoms with Gasteiger partial charge in [0.1, 0.15) is 0 Å². The molecule has 134 valence electrons. The number of benzene rings is 1. The second-order valence-corrected chi connectivity index (χ2v) is 7.33. The molecule has 1 N–H and O–H groups in total. The van der Waals surface area contributed by atoms with E-state index in [0.717, 1.165) is 24.1 Å². The first-order chi connectivity index (χ1) is 11.9. The molecule has 1 fully saturated rings. The zero-order valence-electron chi connectivity index (χ0n) is 15.4. The number of hydrogen-bond donors (Lipinski definition) is 1. The van der Waals surface area contributed by atoms with E-state index in [9.17, 15) is 4.79 Å². The molecule has 1 aliphatic heterocycles. The van der Waals surface area contributed by atoms with E-state index in [0.29, 0.717) is 5.92 Å². The molecule has 2 aromatic rings. The van der Waals surface area contributed by atoms with Crippen molar-refractivity contribution in [3.8, 4) is 5.69 Å². The molecule has 1 amide bonds. The molecular formula is C20H27N3O2. The third-order valence-electron chi connectivity index (χ3n) is 4.75. The smallest absolute Gasteiger partial charge is 0.217 e. The Morgan fingerprint density at radius 2 is 2.16 bits per heavy atom. The lowest BCUT2D eigenvalue weighted by molar-refractivity contribution is -0.123. The number of amides is 1. The Balaban J connectivity index is 1.81. The van der Waals surface area contributed by atoms with Gasteiger partial charge >= 0.3 is 0 Å². The third-order valence-corrected chi connectivity index (χ3v) is 4.75. The quantitative estimate of drug-likeness (QED) is 0.925. The Labute approximate surface area is 149 Å². The predicted molar refractivity (Wildman–Crippen MR) is 97.6 cm³/mol. The molecule has 25 heavy (non-hydrogen) atoms. The molecule has 0 unspecified atom stereocenters. The average molecular weight is 341 g/mol. The van der Waals surface area contributed by atoms with Gasteiger partial charge in [-0.3, -0.25) is 4.79 Å². The summed E-state index contributed by atoms with van der Waals surface area (Å²) in [6.45, 7) is 7.97. The fourth-order valence-corrected chi connectivity index (χ4v) is 3.42. The highest BCUT2D eigenvalue weighted by molar-refractivity contribution is 5.73. The van der Waals surface area contributed by atoms with E-state index in [2.05, 4.69) is 43.3 Å². The monoisotopic (exact) mass is 341 g/mol. The summed E-state index contributed by atoms with van der Waals surface area (Å²) in [5, 5.41) is 7.57. The number of hydrogen-bond acceptors (Lipinski definition) is 3. The minimum Gasteiger partial charge on any atom is -0.370 e. The minimum absolute atomic E-state index is 0.0172. The van der Waals surface area contributed by atoms with Crippen molar-refractivity contribution in [1.82, 2.24) is 15.1 Å². The maximum Gasteiger partial charge on any atom is 0.217 e. The summed E-state index contributed by atoms with van der Waals surface area (Å²) < 4.78 is 8.20. The van der Waals surface area contributed by atoms with Crippen LogP contribution in [0.3, 0.4) is 0 Å². The molecule has 0 saturated carbocycles. The fourth-order valence-electron chi connectivity index (χ4n) is 3.42. The molecule has 1 saturated heterocycles. The molecule has 5 heteroatoms. The van der Waals surface area contributed by atoms with Crippen molar-refractivity contribution in [2.75, 3.05) is 0 Å². The highest BCUT2D eigenvalue weighted by atomic mass is 16.5. The van der Waals surface area contributed by atoms with Gasteiger partial charge in [-0.1, -0.05) is 26.0 Å². The van der Waals surface area contributed by atoms with Gasteiger partial charge < -0.3 is 10.1 Å². The number of nitrogens with one attached hydrogen (secondary N) is 1. The van der Waals surface area contributed by atoms with E-state index in [1.165, 1.54) is 5.56 Å². The molecule has 3 rings (SSSR count). The summed E-state index contributed by atoms with van der Waals surface area (Å²) in [7, 11) is 0. The van der Waals surface area contributed by atoms with E-state index in [1.54, 1.807) is 6.92 Å². The van der Waals surface area contributed by atoms with Crippen LogP contribution in [0, 0.1) is 12.8 Å². The summed E-state index contributed by atoms with van der Waals surface area (Å²) in [5.74, 6) is 0.425. The van der Waals surface area contributed by atoms with Crippen LogP contribution in [0.4, 0.5) is 0 Å². The number of nitrogens with zero attached hydrogens (tertiary/aromatic N) is 2. The fraction of sp³-hybridized carbons (Fsp3) is 0.500. The summed E-state index contributed by atoms with van der Waals surface area (Å²) in [6.07, 6.45) is 5.64. The van der Waals surface area contributed by atoms with Crippen LogP contribution < -0.4 is 5.32 Å². The summed E-state index contributed by atoms with van der Waals surface area (Å²) in [5.41, 5.74) is 3.30. The predicted octanol–water partition coefficient (Wildman–Crippen LogP) is 3.56. The Morgan fingerprint density at radius 3 is 2.84 bits per heavy atom. The van der Waals surface area contributed by atoms with Gasteiger partial charge in [-0.15, -0.1) is 0 Å². The molecule has 0 aliphatic carbocycles. The van der Waals surface area contributed by atoms with Crippen LogP contribution in [0.5, 0.6) is 0 Å². The number of aromatic nitrogens is 2. The van der Waals surface area contributed by atoms with Gasteiger partial charge in [0.05, 0.1) is 24.1 Å². The molecule has 0 radical (unpaired) electrons. The first kappa shape index (κ1) is 17.7. The van der Waals surface area contributed by atoms with Gasteiger partial charge in [0.25, 0.3) is 0 Å². The van der Waals surface area contributed by atoms with Crippen LogP contribution in [-0.4, -0.2) is 27.8 Å². The molecule has 0 bridgehead atoms. The van der Waals surface area contributed by atoms with Crippen LogP contribution in [0.15, 0.2) is 36.7 Å². The van der Waals surface area contributed by atoms with Crippen molar-refractivity contribution in [2.45, 2.75) is 58.8 Å². The van der Waals surface area contributed by atoms with Crippen molar-refractivity contribution in [1.29, 1.82) is 0 Å². The Morgan fingerprint density at radius 1 is 1.36 bits per heavy atom. The minimum atomic E-state index is -0.0449. The zero-order chi connectivity index (χ0) is 18.0. The van der Waals surface area contributed by atoms with Crippen LogP contribution in [0.1, 0.15) is 50.8 Å². The Bertz CT molecular complexity index is 738. The summed E-state index contributed by atoms with van der Waals surface area (Å²) in [6, 6.07) is 8.40. The number of rotatable bonds is 4. The highest BCUT2D eigenvalue weighted by Crippen LogP contribution is 2.34. The van der Waals surface area contributed by atoms with Crippen LogP contribution in [0.25, 0.3) is 5.69 Å². The van der Waals surface area contributed by atoms with Crippen molar-refractivity contribution < 1.29 is 9.53 Å². The van der Waals surface area contributed by atoms with E-state index >= 15 is 0 Å².